The first-order chi connectivity index (χ1) is 19.2. The number of amides is 3. The number of nitrogens with zero attached hydrogens (tertiary/aromatic N) is 4. The lowest BCUT2D eigenvalue weighted by molar-refractivity contribution is 0.0636. The van der Waals surface area contributed by atoms with Crippen LogP contribution in [-0.4, -0.2) is 68.9 Å². The molecule has 3 aromatic rings. The summed E-state index contributed by atoms with van der Waals surface area (Å²) in [5.41, 5.74) is -1.58. The molecule has 2 aromatic heterocycles. The molecule has 1 aliphatic heterocycles. The number of nitrogens with one attached hydrogen (secondary N) is 3. The van der Waals surface area contributed by atoms with E-state index >= 15 is 0 Å². The van der Waals surface area contributed by atoms with Crippen LogP contribution < -0.4 is 20.9 Å². The highest BCUT2D eigenvalue weighted by molar-refractivity contribution is 7.19. The molecule has 41 heavy (non-hydrogen) atoms. The van der Waals surface area contributed by atoms with Gasteiger partial charge in [0.25, 0.3) is 5.91 Å². The molecule has 1 aromatic carbocycles. The number of piperidine rings is 1. The maximum atomic E-state index is 14.5. The molecule has 220 valence electrons. The number of thiazole rings is 1. The lowest BCUT2D eigenvalue weighted by Gasteiger charge is -2.36. The van der Waals surface area contributed by atoms with Crippen LogP contribution in [0.25, 0.3) is 10.6 Å². The van der Waals surface area contributed by atoms with E-state index < -0.39 is 53.1 Å². The first-order valence-corrected chi connectivity index (χ1v) is 13.2. The van der Waals surface area contributed by atoms with Gasteiger partial charge in [0.1, 0.15) is 39.1 Å². The van der Waals surface area contributed by atoms with E-state index in [2.05, 4.69) is 26.0 Å². The van der Waals surface area contributed by atoms with Gasteiger partial charge in [0.2, 0.25) is 0 Å². The van der Waals surface area contributed by atoms with Crippen LogP contribution in [0.1, 0.15) is 37.7 Å². The zero-order chi connectivity index (χ0) is 30.1. The predicted molar refractivity (Wildman–Crippen MR) is 145 cm³/mol. The number of hydrogen-bond acceptors (Lipinski definition) is 8. The molecule has 0 bridgehead atoms. The number of hydrogen-bond donors (Lipinski definition) is 4. The molecular weight excluding hydrogens is 567 g/mol. The first-order valence-electron chi connectivity index (χ1n) is 12.4. The number of aromatic nitrogens is 3. The highest BCUT2D eigenvalue weighted by Crippen LogP contribution is 2.36. The Morgan fingerprint density at radius 3 is 2.46 bits per heavy atom. The third-order valence-corrected chi connectivity index (χ3v) is 6.80. The predicted octanol–water partition coefficient (Wildman–Crippen LogP) is 4.61. The second kappa shape index (κ2) is 11.6. The number of aryl methyl sites for hydroxylation is 1. The average molecular weight is 596 g/mol. The summed E-state index contributed by atoms with van der Waals surface area (Å²) in [6.45, 7) is 4.93. The molecule has 1 saturated heterocycles. The van der Waals surface area contributed by atoms with Crippen molar-refractivity contribution in [3.8, 4) is 10.6 Å². The van der Waals surface area contributed by atoms with Gasteiger partial charge < -0.3 is 25.4 Å². The van der Waals surface area contributed by atoms with Gasteiger partial charge in [-0.25, -0.2) is 27.7 Å². The third kappa shape index (κ3) is 7.06. The van der Waals surface area contributed by atoms with Crippen LogP contribution in [0.4, 0.5) is 39.3 Å². The van der Waals surface area contributed by atoms with Crippen LogP contribution >= 0.6 is 11.3 Å². The summed E-state index contributed by atoms with van der Waals surface area (Å²) in [4.78, 5) is 42.8. The van der Waals surface area contributed by atoms with Gasteiger partial charge in [0, 0.05) is 20.0 Å². The van der Waals surface area contributed by atoms with Crippen molar-refractivity contribution < 1.29 is 37.4 Å². The largest absolute Gasteiger partial charge is 0.465 e. The zero-order valence-corrected chi connectivity index (χ0v) is 23.3. The molecule has 0 spiro atoms. The third-order valence-electron chi connectivity index (χ3n) is 5.82. The van der Waals surface area contributed by atoms with Crippen LogP contribution in [0.2, 0.25) is 0 Å². The van der Waals surface area contributed by atoms with E-state index in [4.69, 9.17) is 9.84 Å². The molecule has 1 fully saturated rings. The number of anilines is 3. The van der Waals surface area contributed by atoms with Crippen LogP contribution in [-0.2, 0) is 11.8 Å². The molecule has 0 radical (unpaired) electrons. The average Bonchev–Trinajstić information content (AvgIpc) is 3.40. The summed E-state index contributed by atoms with van der Waals surface area (Å²) in [6, 6.07) is 2.53. The highest BCUT2D eigenvalue weighted by Gasteiger charge is 2.32. The van der Waals surface area contributed by atoms with E-state index in [0.717, 1.165) is 12.1 Å². The fourth-order valence-electron chi connectivity index (χ4n) is 4.33. The van der Waals surface area contributed by atoms with E-state index in [0.29, 0.717) is 11.3 Å². The normalized spacial score (nSPS) is 17.2. The molecule has 0 unspecified atom stereocenters. The number of benzene rings is 1. The Hall–Kier alpha value is -4.34. The molecule has 3 heterocycles. The van der Waals surface area contributed by atoms with Crippen LogP contribution in [0.15, 0.2) is 24.4 Å². The van der Waals surface area contributed by atoms with Crippen molar-refractivity contribution in [2.24, 2.45) is 7.05 Å². The Kier molecular flexibility index (Phi) is 8.42. The molecule has 16 heteroatoms. The lowest BCUT2D eigenvalue weighted by Crippen LogP contribution is -2.52. The van der Waals surface area contributed by atoms with Crippen molar-refractivity contribution in [1.29, 1.82) is 0 Å². The van der Waals surface area contributed by atoms with Crippen molar-refractivity contribution in [3.05, 3.63) is 41.7 Å². The number of rotatable bonds is 6. The van der Waals surface area contributed by atoms with Gasteiger partial charge >= 0.3 is 12.2 Å². The Bertz CT molecular complexity index is 1450. The minimum absolute atomic E-state index is 0.0176. The van der Waals surface area contributed by atoms with E-state index in [-0.39, 0.29) is 46.7 Å². The fraction of sp³-hybridized carbons (Fsp3) is 0.400. The van der Waals surface area contributed by atoms with Crippen molar-refractivity contribution in [3.63, 3.8) is 0 Å². The topological polar surface area (TPSA) is 151 Å². The number of alkyl halides is 1. The molecule has 0 aliphatic carbocycles. The van der Waals surface area contributed by atoms with E-state index in [9.17, 15) is 27.6 Å². The van der Waals surface area contributed by atoms with Gasteiger partial charge in [-0.05, 0) is 32.9 Å². The SMILES string of the molecule is Cn1ncc(NC(=O)c2nc(-c3c(F)cccc3F)sc2NC(=O)OC(C)(C)C)c1N1C[C@@H](F)C[C@H](NC(=O)O)C1. The van der Waals surface area contributed by atoms with Crippen LogP contribution in [0.3, 0.4) is 0 Å². The van der Waals surface area contributed by atoms with Crippen molar-refractivity contribution in [1.82, 2.24) is 20.1 Å². The maximum Gasteiger partial charge on any atom is 0.412 e. The molecule has 2 atom stereocenters. The van der Waals surface area contributed by atoms with Crippen molar-refractivity contribution >= 4 is 45.9 Å². The highest BCUT2D eigenvalue weighted by atomic mass is 32.1. The van der Waals surface area contributed by atoms with Crippen molar-refractivity contribution in [2.45, 2.75) is 45.0 Å². The summed E-state index contributed by atoms with van der Waals surface area (Å²) in [5.74, 6) is -2.41. The summed E-state index contributed by atoms with van der Waals surface area (Å²) in [6.07, 6.45) is -2.29. The standard InChI is InChI=1S/C25H28F3N7O5S/c1-25(2,3)40-24(39)33-21-18(32-20(41-21)17-14(27)6-5-7-15(17)28)19(36)31-16-9-29-34(4)22(16)35-10-12(26)8-13(11-35)30-23(37)38/h5-7,9,12-13,30H,8,10-11H2,1-4H3,(H,31,36)(H,33,39)(H,37,38)/t12-,13-/m0/s1. The van der Waals surface area contributed by atoms with Gasteiger partial charge in [-0.15, -0.1) is 0 Å². The number of carbonyl (C=O) groups is 3. The summed E-state index contributed by atoms with van der Waals surface area (Å²) >= 11 is 0.669. The molecule has 12 nitrogen and oxygen atoms in total. The Morgan fingerprint density at radius 2 is 1.83 bits per heavy atom. The van der Waals surface area contributed by atoms with Crippen LogP contribution in [0.5, 0.6) is 0 Å². The van der Waals surface area contributed by atoms with Gasteiger partial charge in [-0.3, -0.25) is 14.8 Å². The number of carboxylic acid groups (broad SMARTS) is 1. The molecule has 4 N–H and O–H groups in total. The number of halogens is 3. The summed E-state index contributed by atoms with van der Waals surface area (Å²) < 4.78 is 50.2. The second-order valence-corrected chi connectivity index (χ2v) is 11.3. The molecule has 1 aliphatic rings. The number of ether oxygens (including phenoxy) is 1. The van der Waals surface area contributed by atoms with Gasteiger partial charge in [-0.1, -0.05) is 17.4 Å². The van der Waals surface area contributed by atoms with E-state index in [1.54, 1.807) is 32.7 Å². The molecule has 3 amide bonds. The quantitative estimate of drug-likeness (QED) is 0.323. The number of carbonyl (C=O) groups excluding carboxylic acids is 2. The Morgan fingerprint density at radius 1 is 1.15 bits per heavy atom. The minimum Gasteiger partial charge on any atom is -0.465 e. The lowest BCUT2D eigenvalue weighted by atomic mass is 10.0. The zero-order valence-electron chi connectivity index (χ0n) is 22.5. The van der Waals surface area contributed by atoms with E-state index in [1.807, 2.05) is 0 Å². The smallest absolute Gasteiger partial charge is 0.412 e. The van der Waals surface area contributed by atoms with Gasteiger partial charge in [-0.2, -0.15) is 5.10 Å². The molecule has 4 rings (SSSR count). The maximum absolute atomic E-state index is 14.5. The summed E-state index contributed by atoms with van der Waals surface area (Å²) in [7, 11) is 1.56. The Balaban J connectivity index is 1.67. The van der Waals surface area contributed by atoms with Gasteiger partial charge in [0.05, 0.1) is 24.3 Å². The Labute approximate surface area is 236 Å². The monoisotopic (exact) mass is 595 g/mol. The first kappa shape index (κ1) is 29.6. The van der Waals surface area contributed by atoms with Crippen molar-refractivity contribution in [2.75, 3.05) is 28.6 Å². The van der Waals surface area contributed by atoms with Gasteiger partial charge in [0.15, 0.2) is 11.5 Å². The minimum atomic E-state index is -1.36. The van der Waals surface area contributed by atoms with Crippen LogP contribution in [0, 0.1) is 11.6 Å². The molecular formula is C25H28F3N7O5S. The van der Waals surface area contributed by atoms with E-state index in [1.165, 1.54) is 16.9 Å². The second-order valence-electron chi connectivity index (χ2n) is 10.3. The summed E-state index contributed by atoms with van der Waals surface area (Å²) in [5, 5.41) is 20.2. The molecule has 0 saturated carbocycles. The fourth-order valence-corrected chi connectivity index (χ4v) is 5.33.